The van der Waals surface area contributed by atoms with Crippen molar-refractivity contribution in [2.75, 3.05) is 12.3 Å². The van der Waals surface area contributed by atoms with E-state index in [4.69, 9.17) is 4.11 Å². The average Bonchev–Trinajstić information content (AvgIpc) is 3.08. The fraction of sp³-hybridized carbons (Fsp3) is 0.176. The molecular formula is C17H16F2N6O2. The van der Waals surface area contributed by atoms with E-state index in [1.165, 1.54) is 24.4 Å². The van der Waals surface area contributed by atoms with Gasteiger partial charge in [-0.2, -0.15) is 19.0 Å². The van der Waals surface area contributed by atoms with Crippen molar-refractivity contribution in [1.82, 2.24) is 25.3 Å². The van der Waals surface area contributed by atoms with Crippen molar-refractivity contribution >= 4 is 17.3 Å². The Morgan fingerprint density at radius 3 is 2.85 bits per heavy atom. The predicted octanol–water partition coefficient (Wildman–Crippen LogP) is 2.58. The van der Waals surface area contributed by atoms with Crippen LogP contribution >= 0.6 is 0 Å². The molecule has 0 bridgehead atoms. The van der Waals surface area contributed by atoms with Gasteiger partial charge in [0.15, 0.2) is 5.69 Å². The number of aromatic nitrogens is 4. The minimum Gasteiger partial charge on any atom is -0.433 e. The highest BCUT2D eigenvalue weighted by atomic mass is 19.3. The van der Waals surface area contributed by atoms with E-state index in [0.717, 1.165) is 0 Å². The number of benzene rings is 1. The second kappa shape index (κ2) is 7.77. The number of nitrogens with one attached hydrogen (secondary N) is 2. The van der Waals surface area contributed by atoms with Crippen LogP contribution in [0.5, 0.6) is 5.75 Å². The minimum absolute atomic E-state index is 0.0523. The Balaban J connectivity index is 1.95. The summed E-state index contributed by atoms with van der Waals surface area (Å²) in [7, 11) is 1.72. The summed E-state index contributed by atoms with van der Waals surface area (Å²) in [6.07, 6.45) is 2.96. The van der Waals surface area contributed by atoms with Crippen molar-refractivity contribution < 1.29 is 22.4 Å². The third-order valence-electron chi connectivity index (χ3n) is 3.53. The number of anilines is 2. The highest BCUT2D eigenvalue weighted by molar-refractivity contribution is 5.98. The Morgan fingerprint density at radius 2 is 2.15 bits per heavy atom. The first-order chi connectivity index (χ1) is 14.1. The van der Waals surface area contributed by atoms with Gasteiger partial charge in [0.05, 0.1) is 23.3 Å². The lowest BCUT2D eigenvalue weighted by atomic mass is 10.1. The number of halogens is 2. The van der Waals surface area contributed by atoms with Crippen LogP contribution in [0, 0.1) is 0 Å². The summed E-state index contributed by atoms with van der Waals surface area (Å²) in [6, 6.07) is 7.51. The van der Waals surface area contributed by atoms with Crippen LogP contribution in [0.1, 0.15) is 14.6 Å². The minimum atomic E-state index is -3.10. The molecule has 0 unspecified atom stereocenters. The average molecular weight is 377 g/mol. The van der Waals surface area contributed by atoms with Crippen molar-refractivity contribution in [2.24, 2.45) is 7.05 Å². The SMILES string of the molecule is [2H]C([2H])([2H])NC(=O)c1nnccc1Nc1ccc(-c2ccn(C)n2)cc1OC(F)F. The summed E-state index contributed by atoms with van der Waals surface area (Å²) < 4.78 is 53.5. The Bertz CT molecular complexity index is 1060. The molecule has 1 amide bonds. The molecule has 3 rings (SSSR count). The fourth-order valence-corrected chi connectivity index (χ4v) is 2.35. The van der Waals surface area contributed by atoms with Gasteiger partial charge in [-0.05, 0) is 24.3 Å². The molecule has 0 aliphatic heterocycles. The fourth-order valence-electron chi connectivity index (χ4n) is 2.35. The number of amides is 1. The second-order valence-corrected chi connectivity index (χ2v) is 5.34. The van der Waals surface area contributed by atoms with E-state index in [1.807, 2.05) is 0 Å². The predicted molar refractivity (Wildman–Crippen MR) is 94.0 cm³/mol. The molecule has 10 heteroatoms. The first-order valence-corrected chi connectivity index (χ1v) is 7.62. The van der Waals surface area contributed by atoms with E-state index < -0.39 is 19.5 Å². The highest BCUT2D eigenvalue weighted by Gasteiger charge is 2.17. The Kier molecular flexibility index (Phi) is 4.20. The van der Waals surface area contributed by atoms with Gasteiger partial charge in [-0.25, -0.2) is 0 Å². The molecule has 1 aromatic carbocycles. The zero-order valence-electron chi connectivity index (χ0n) is 17.0. The Hall–Kier alpha value is -3.56. The normalized spacial score (nSPS) is 12.8. The number of aryl methyl sites for hydroxylation is 1. The first kappa shape index (κ1) is 14.6. The van der Waals surface area contributed by atoms with E-state index in [-0.39, 0.29) is 22.8 Å². The summed E-state index contributed by atoms with van der Waals surface area (Å²) in [5.74, 6) is -1.21. The van der Waals surface area contributed by atoms with Crippen LogP contribution in [-0.2, 0) is 7.05 Å². The van der Waals surface area contributed by atoms with E-state index in [9.17, 15) is 13.6 Å². The molecule has 27 heavy (non-hydrogen) atoms. The third kappa shape index (κ3) is 4.17. The molecule has 2 N–H and O–H groups in total. The first-order valence-electron chi connectivity index (χ1n) is 9.12. The lowest BCUT2D eigenvalue weighted by Gasteiger charge is -2.15. The molecule has 0 aliphatic carbocycles. The van der Waals surface area contributed by atoms with Crippen LogP contribution in [0.3, 0.4) is 0 Å². The van der Waals surface area contributed by atoms with Gasteiger partial charge in [0.25, 0.3) is 5.91 Å². The molecule has 0 radical (unpaired) electrons. The van der Waals surface area contributed by atoms with Crippen LogP contribution < -0.4 is 15.4 Å². The number of hydrogen-bond acceptors (Lipinski definition) is 6. The molecule has 0 fully saturated rings. The number of carbonyl (C=O) groups excluding carboxylic acids is 1. The summed E-state index contributed by atoms with van der Waals surface area (Å²) >= 11 is 0. The molecule has 3 aromatic rings. The molecule has 140 valence electrons. The van der Waals surface area contributed by atoms with E-state index in [1.54, 1.807) is 35.4 Å². The van der Waals surface area contributed by atoms with Gasteiger partial charge in [0.1, 0.15) is 5.75 Å². The maximum Gasteiger partial charge on any atom is 0.387 e. The van der Waals surface area contributed by atoms with Gasteiger partial charge in [0.2, 0.25) is 0 Å². The second-order valence-electron chi connectivity index (χ2n) is 5.34. The molecule has 0 aliphatic rings. The molecule has 2 aromatic heterocycles. The number of rotatable bonds is 6. The van der Waals surface area contributed by atoms with E-state index in [0.29, 0.717) is 11.3 Å². The summed E-state index contributed by atoms with van der Waals surface area (Å²) in [5, 5.41) is 16.0. The van der Waals surface area contributed by atoms with Gasteiger partial charge in [-0.1, -0.05) is 6.07 Å². The van der Waals surface area contributed by atoms with Crippen LogP contribution in [0.15, 0.2) is 42.7 Å². The molecule has 8 nitrogen and oxygen atoms in total. The van der Waals surface area contributed by atoms with Crippen molar-refractivity contribution in [3.05, 3.63) is 48.4 Å². The zero-order chi connectivity index (χ0) is 21.9. The molecule has 0 saturated heterocycles. The standard InChI is InChI=1S/C17H16F2N6O2/c1-20-16(26)15-13(5-7-21-23-15)22-12-4-3-10(9-14(12)27-17(18)19)11-6-8-25(2)24-11/h3-9,17H,1-2H3,(H,20,26)(H,21,22)/i1D3. The molecule has 0 atom stereocenters. The quantitative estimate of drug-likeness (QED) is 0.686. The van der Waals surface area contributed by atoms with Gasteiger partial charge < -0.3 is 15.4 Å². The summed E-state index contributed by atoms with van der Waals surface area (Å²) in [6.45, 7) is -5.83. The number of hydrogen-bond donors (Lipinski definition) is 2. The Labute approximate surface area is 157 Å². The zero-order valence-corrected chi connectivity index (χ0v) is 14.0. The maximum absolute atomic E-state index is 13.0. The number of alkyl halides is 2. The highest BCUT2D eigenvalue weighted by Crippen LogP contribution is 2.34. The van der Waals surface area contributed by atoms with E-state index >= 15 is 0 Å². The van der Waals surface area contributed by atoms with Crippen molar-refractivity contribution in [1.29, 1.82) is 0 Å². The van der Waals surface area contributed by atoms with Crippen LogP contribution in [-0.4, -0.2) is 39.5 Å². The Morgan fingerprint density at radius 1 is 1.30 bits per heavy atom. The van der Waals surface area contributed by atoms with Crippen molar-refractivity contribution in [2.45, 2.75) is 6.61 Å². The lowest BCUT2D eigenvalue weighted by molar-refractivity contribution is -0.0493. The number of carbonyl (C=O) groups is 1. The van der Waals surface area contributed by atoms with Gasteiger partial charge >= 0.3 is 6.61 Å². The van der Waals surface area contributed by atoms with Crippen LogP contribution in [0.4, 0.5) is 20.2 Å². The van der Waals surface area contributed by atoms with E-state index in [2.05, 4.69) is 25.3 Å². The lowest BCUT2D eigenvalue weighted by Crippen LogP contribution is -2.21. The van der Waals surface area contributed by atoms with Gasteiger partial charge in [-0.15, -0.1) is 5.10 Å². The van der Waals surface area contributed by atoms with Crippen molar-refractivity contribution in [3.63, 3.8) is 0 Å². The molecule has 2 heterocycles. The molecule has 0 spiro atoms. The van der Waals surface area contributed by atoms with Crippen LogP contribution in [0.2, 0.25) is 0 Å². The maximum atomic E-state index is 13.0. The molecular weight excluding hydrogens is 358 g/mol. The van der Waals surface area contributed by atoms with Gasteiger partial charge in [0, 0.05) is 29.9 Å². The van der Waals surface area contributed by atoms with Gasteiger partial charge in [-0.3, -0.25) is 9.48 Å². The summed E-state index contributed by atoms with van der Waals surface area (Å²) in [5.41, 5.74) is 0.907. The topological polar surface area (TPSA) is 94.0 Å². The summed E-state index contributed by atoms with van der Waals surface area (Å²) in [4.78, 5) is 12.2. The van der Waals surface area contributed by atoms with Crippen molar-refractivity contribution in [3.8, 4) is 17.0 Å². The molecule has 0 saturated carbocycles. The third-order valence-corrected chi connectivity index (χ3v) is 3.53. The number of nitrogens with zero attached hydrogens (tertiary/aromatic N) is 4. The monoisotopic (exact) mass is 377 g/mol. The van der Waals surface area contributed by atoms with Crippen LogP contribution in [0.25, 0.3) is 11.3 Å². The number of ether oxygens (including phenoxy) is 1. The largest absolute Gasteiger partial charge is 0.433 e. The smallest absolute Gasteiger partial charge is 0.387 e.